The van der Waals surface area contributed by atoms with Crippen LogP contribution in [0.15, 0.2) is 48.5 Å². The predicted molar refractivity (Wildman–Crippen MR) is 133 cm³/mol. The highest BCUT2D eigenvalue weighted by atomic mass is 16.2. The first-order valence-electron chi connectivity index (χ1n) is 11.8. The second kappa shape index (κ2) is 11.3. The van der Waals surface area contributed by atoms with E-state index in [4.69, 9.17) is 0 Å². The molecule has 0 aromatic heterocycles. The molecule has 1 N–H and O–H groups in total. The summed E-state index contributed by atoms with van der Waals surface area (Å²) in [5.74, 6) is 0.403. The third-order valence-corrected chi connectivity index (χ3v) is 5.59. The van der Waals surface area contributed by atoms with Crippen molar-refractivity contribution >= 4 is 11.8 Å². The highest BCUT2D eigenvalue weighted by Gasteiger charge is 2.30. The fourth-order valence-electron chi connectivity index (χ4n) is 3.84. The molecule has 2 rings (SSSR count). The molecule has 2 aromatic rings. The van der Waals surface area contributed by atoms with Crippen molar-refractivity contribution in [1.29, 1.82) is 0 Å². The quantitative estimate of drug-likeness (QED) is 0.542. The van der Waals surface area contributed by atoms with Crippen LogP contribution in [-0.2, 0) is 22.6 Å². The lowest BCUT2D eigenvalue weighted by Gasteiger charge is -2.33. The third-order valence-electron chi connectivity index (χ3n) is 5.59. The average molecular weight is 437 g/mol. The first-order valence-corrected chi connectivity index (χ1v) is 11.8. The van der Waals surface area contributed by atoms with E-state index in [-0.39, 0.29) is 17.4 Å². The molecule has 0 fully saturated rings. The highest BCUT2D eigenvalue weighted by Crippen LogP contribution is 2.18. The molecule has 1 atom stereocenters. The summed E-state index contributed by atoms with van der Waals surface area (Å²) in [4.78, 5) is 28.2. The van der Waals surface area contributed by atoms with E-state index in [0.717, 1.165) is 16.7 Å². The van der Waals surface area contributed by atoms with Gasteiger partial charge in [-0.25, -0.2) is 0 Å². The molecule has 0 heterocycles. The van der Waals surface area contributed by atoms with Crippen molar-refractivity contribution in [2.45, 2.75) is 91.8 Å². The molecule has 1 unspecified atom stereocenters. The largest absolute Gasteiger partial charge is 0.350 e. The van der Waals surface area contributed by atoms with E-state index >= 15 is 0 Å². The monoisotopic (exact) mass is 436 g/mol. The van der Waals surface area contributed by atoms with E-state index in [0.29, 0.717) is 31.7 Å². The normalized spacial score (nSPS) is 12.5. The number of nitrogens with zero attached hydrogens (tertiary/aromatic N) is 1. The molecule has 0 aliphatic rings. The van der Waals surface area contributed by atoms with Gasteiger partial charge in [-0.2, -0.15) is 0 Å². The van der Waals surface area contributed by atoms with Crippen LogP contribution in [0, 0.1) is 6.92 Å². The van der Waals surface area contributed by atoms with Gasteiger partial charge in [0, 0.05) is 18.5 Å². The molecule has 0 radical (unpaired) electrons. The number of amides is 2. The van der Waals surface area contributed by atoms with E-state index in [1.807, 2.05) is 52.8 Å². The number of nitrogens with one attached hydrogen (secondary N) is 1. The van der Waals surface area contributed by atoms with Gasteiger partial charge in [-0.05, 0) is 63.1 Å². The SMILES string of the molecule is CCC(C(=O)NC(C)(C)C)N(Cc1cccc(C)c1)C(=O)CCc1ccc(C(C)C)cc1. The minimum absolute atomic E-state index is 0.00958. The van der Waals surface area contributed by atoms with Gasteiger partial charge >= 0.3 is 0 Å². The molecule has 2 amide bonds. The van der Waals surface area contributed by atoms with E-state index in [1.165, 1.54) is 5.56 Å². The molecule has 0 aliphatic carbocycles. The Morgan fingerprint density at radius 3 is 2.19 bits per heavy atom. The number of carbonyl (C=O) groups excluding carboxylic acids is 2. The minimum atomic E-state index is -0.495. The summed E-state index contributed by atoms with van der Waals surface area (Å²) in [6, 6.07) is 16.1. The van der Waals surface area contributed by atoms with E-state index < -0.39 is 6.04 Å². The van der Waals surface area contributed by atoms with Crippen molar-refractivity contribution in [1.82, 2.24) is 10.2 Å². The van der Waals surface area contributed by atoms with Gasteiger partial charge in [-0.15, -0.1) is 0 Å². The standard InChI is InChI=1S/C28H40N2O2/c1-8-25(27(32)29-28(5,6)7)30(19-23-11-9-10-21(4)18-23)26(31)17-14-22-12-15-24(16-13-22)20(2)3/h9-13,15-16,18,20,25H,8,14,17,19H2,1-7H3,(H,29,32). The Kier molecular flexibility index (Phi) is 9.06. The van der Waals surface area contributed by atoms with Crippen molar-refractivity contribution in [2.75, 3.05) is 0 Å². The molecule has 4 heteroatoms. The van der Waals surface area contributed by atoms with Crippen LogP contribution in [0.25, 0.3) is 0 Å². The smallest absolute Gasteiger partial charge is 0.243 e. The number of aryl methyl sites for hydroxylation is 2. The lowest BCUT2D eigenvalue weighted by molar-refractivity contribution is -0.142. The average Bonchev–Trinajstić information content (AvgIpc) is 2.71. The van der Waals surface area contributed by atoms with Gasteiger partial charge in [-0.3, -0.25) is 9.59 Å². The summed E-state index contributed by atoms with van der Waals surface area (Å²) in [5, 5.41) is 3.06. The molecular formula is C28H40N2O2. The summed E-state index contributed by atoms with van der Waals surface area (Å²) in [6.45, 7) is 14.7. The molecular weight excluding hydrogens is 396 g/mol. The van der Waals surface area contributed by atoms with E-state index in [9.17, 15) is 9.59 Å². The van der Waals surface area contributed by atoms with Crippen LogP contribution in [0.3, 0.4) is 0 Å². The third kappa shape index (κ3) is 7.81. The van der Waals surface area contributed by atoms with Crippen LogP contribution in [0.1, 0.15) is 82.6 Å². The molecule has 0 aliphatic heterocycles. The summed E-state index contributed by atoms with van der Waals surface area (Å²) >= 11 is 0. The molecule has 4 nitrogen and oxygen atoms in total. The van der Waals surface area contributed by atoms with Crippen LogP contribution in [0.4, 0.5) is 0 Å². The van der Waals surface area contributed by atoms with Crippen LogP contribution in [-0.4, -0.2) is 28.3 Å². The number of hydrogen-bond acceptors (Lipinski definition) is 2. The van der Waals surface area contributed by atoms with Gasteiger partial charge in [0.1, 0.15) is 6.04 Å². The molecule has 174 valence electrons. The van der Waals surface area contributed by atoms with Crippen molar-refractivity contribution in [2.24, 2.45) is 0 Å². The summed E-state index contributed by atoms with van der Waals surface area (Å²) < 4.78 is 0. The molecule has 0 spiro atoms. The summed E-state index contributed by atoms with van der Waals surface area (Å²) in [7, 11) is 0. The summed E-state index contributed by atoms with van der Waals surface area (Å²) in [5.41, 5.74) is 4.28. The number of hydrogen-bond donors (Lipinski definition) is 1. The number of carbonyl (C=O) groups is 2. The fourth-order valence-corrected chi connectivity index (χ4v) is 3.84. The summed E-state index contributed by atoms with van der Waals surface area (Å²) in [6.07, 6.45) is 1.62. The number of rotatable bonds is 9. The van der Waals surface area contributed by atoms with Crippen LogP contribution < -0.4 is 5.32 Å². The van der Waals surface area contributed by atoms with Crippen LogP contribution in [0.2, 0.25) is 0 Å². The van der Waals surface area contributed by atoms with Gasteiger partial charge < -0.3 is 10.2 Å². The van der Waals surface area contributed by atoms with Gasteiger partial charge in [0.15, 0.2) is 0 Å². The Balaban J connectivity index is 2.21. The van der Waals surface area contributed by atoms with Crippen molar-refractivity contribution in [3.63, 3.8) is 0 Å². The second-order valence-corrected chi connectivity index (χ2v) is 10.1. The lowest BCUT2D eigenvalue weighted by atomic mass is 10.00. The maximum absolute atomic E-state index is 13.4. The molecule has 0 bridgehead atoms. The fraction of sp³-hybridized carbons (Fsp3) is 0.500. The van der Waals surface area contributed by atoms with Crippen molar-refractivity contribution in [3.8, 4) is 0 Å². The Hall–Kier alpha value is -2.62. The maximum atomic E-state index is 13.4. The maximum Gasteiger partial charge on any atom is 0.243 e. The Morgan fingerprint density at radius 2 is 1.66 bits per heavy atom. The first kappa shape index (κ1) is 25.6. The van der Waals surface area contributed by atoms with Crippen LogP contribution in [0.5, 0.6) is 0 Å². The Labute approximate surface area is 194 Å². The zero-order chi connectivity index (χ0) is 23.9. The molecule has 0 saturated carbocycles. The minimum Gasteiger partial charge on any atom is -0.350 e. The number of benzene rings is 2. The second-order valence-electron chi connectivity index (χ2n) is 10.1. The molecule has 32 heavy (non-hydrogen) atoms. The van der Waals surface area contributed by atoms with Gasteiger partial charge in [0.25, 0.3) is 0 Å². The van der Waals surface area contributed by atoms with Crippen molar-refractivity contribution in [3.05, 3.63) is 70.8 Å². The predicted octanol–water partition coefficient (Wildman–Crippen LogP) is 5.77. The van der Waals surface area contributed by atoms with Crippen molar-refractivity contribution < 1.29 is 9.59 Å². The van der Waals surface area contributed by atoms with Gasteiger partial charge in [-0.1, -0.05) is 74.9 Å². The molecule has 0 saturated heterocycles. The zero-order valence-corrected chi connectivity index (χ0v) is 20.9. The van der Waals surface area contributed by atoms with Gasteiger partial charge in [0.05, 0.1) is 0 Å². The Bertz CT molecular complexity index is 894. The van der Waals surface area contributed by atoms with E-state index in [1.54, 1.807) is 4.90 Å². The topological polar surface area (TPSA) is 49.4 Å². The molecule has 2 aromatic carbocycles. The zero-order valence-electron chi connectivity index (χ0n) is 20.9. The Morgan fingerprint density at radius 1 is 1.00 bits per heavy atom. The van der Waals surface area contributed by atoms with Gasteiger partial charge in [0.2, 0.25) is 11.8 Å². The highest BCUT2D eigenvalue weighted by molar-refractivity contribution is 5.88. The lowest BCUT2D eigenvalue weighted by Crippen LogP contribution is -2.53. The van der Waals surface area contributed by atoms with Crippen LogP contribution >= 0.6 is 0 Å². The first-order chi connectivity index (χ1) is 15.0. The van der Waals surface area contributed by atoms with E-state index in [2.05, 4.69) is 49.5 Å².